The molecule has 0 radical (unpaired) electrons. The van der Waals surface area contributed by atoms with Crippen LogP contribution in [-0.2, 0) is 14.3 Å². The first-order valence-electron chi connectivity index (χ1n) is 6.98. The normalized spacial score (nSPS) is 22.6. The van der Waals surface area contributed by atoms with Gasteiger partial charge in [-0.15, -0.1) is 0 Å². The highest BCUT2D eigenvalue weighted by molar-refractivity contribution is 5.89. The van der Waals surface area contributed by atoms with Gasteiger partial charge in [-0.05, 0) is 33.6 Å². The highest BCUT2D eigenvalue weighted by Gasteiger charge is 2.44. The first-order chi connectivity index (χ1) is 9.54. The van der Waals surface area contributed by atoms with Crippen molar-refractivity contribution in [3.63, 3.8) is 0 Å². The molecule has 0 spiro atoms. The van der Waals surface area contributed by atoms with Crippen LogP contribution in [0.4, 0.5) is 4.79 Å². The predicted molar refractivity (Wildman–Crippen MR) is 75.8 cm³/mol. The van der Waals surface area contributed by atoms with E-state index < -0.39 is 29.6 Å². The molecule has 1 fully saturated rings. The van der Waals surface area contributed by atoms with Crippen molar-refractivity contribution < 1.29 is 24.2 Å². The number of hydrogen-bond donors (Lipinski definition) is 1. The summed E-state index contributed by atoms with van der Waals surface area (Å²) in [4.78, 5) is 38.4. The van der Waals surface area contributed by atoms with Gasteiger partial charge in [0, 0.05) is 20.6 Å². The molecule has 120 valence electrons. The van der Waals surface area contributed by atoms with E-state index in [-0.39, 0.29) is 12.5 Å². The summed E-state index contributed by atoms with van der Waals surface area (Å²) in [5.74, 6) is -2.20. The predicted octanol–water partition coefficient (Wildman–Crippen LogP) is 1.17. The second-order valence-electron chi connectivity index (χ2n) is 6.44. The summed E-state index contributed by atoms with van der Waals surface area (Å²) in [7, 11) is 3.15. The zero-order valence-electron chi connectivity index (χ0n) is 13.3. The molecule has 0 aromatic rings. The number of carboxylic acids is 1. The molecule has 1 heterocycles. The van der Waals surface area contributed by atoms with E-state index in [1.54, 1.807) is 34.9 Å². The van der Waals surface area contributed by atoms with E-state index in [9.17, 15) is 19.5 Å². The minimum Gasteiger partial charge on any atom is -0.480 e. The Morgan fingerprint density at radius 3 is 2.24 bits per heavy atom. The summed E-state index contributed by atoms with van der Waals surface area (Å²) in [6.45, 7) is 5.43. The van der Waals surface area contributed by atoms with Gasteiger partial charge in [0.05, 0.1) is 5.92 Å². The summed E-state index contributed by atoms with van der Waals surface area (Å²) in [6.07, 6.45) is 0.340. The number of piperidine rings is 1. The zero-order chi connectivity index (χ0) is 16.4. The standard InChI is InChI=1S/C14H24N2O5/c1-14(2,3)21-13(20)16-8-6-7-9(10(16)12(18)19)11(17)15(4)5/h9-10H,6-8H2,1-5H3,(H,18,19)/t9-,10+/m0/s1. The quantitative estimate of drug-likeness (QED) is 0.827. The van der Waals surface area contributed by atoms with Gasteiger partial charge in [-0.2, -0.15) is 0 Å². The third kappa shape index (κ3) is 4.34. The fourth-order valence-corrected chi connectivity index (χ4v) is 2.42. The summed E-state index contributed by atoms with van der Waals surface area (Å²) >= 11 is 0. The van der Waals surface area contributed by atoms with Crippen molar-refractivity contribution in [2.45, 2.75) is 45.3 Å². The number of carbonyl (C=O) groups is 3. The molecule has 7 nitrogen and oxygen atoms in total. The molecule has 1 rings (SSSR count). The van der Waals surface area contributed by atoms with Crippen LogP contribution in [0.2, 0.25) is 0 Å². The molecular formula is C14H24N2O5. The Labute approximate surface area is 124 Å². The van der Waals surface area contributed by atoms with E-state index in [4.69, 9.17) is 4.74 Å². The SMILES string of the molecule is CN(C)C(=O)[C@H]1CCCN(C(=O)OC(C)(C)C)[C@H]1C(=O)O. The number of aliphatic carboxylic acids is 1. The Morgan fingerprint density at radius 2 is 1.81 bits per heavy atom. The van der Waals surface area contributed by atoms with Crippen molar-refractivity contribution in [1.29, 1.82) is 0 Å². The highest BCUT2D eigenvalue weighted by Crippen LogP contribution is 2.27. The van der Waals surface area contributed by atoms with Gasteiger partial charge in [-0.3, -0.25) is 9.69 Å². The maximum Gasteiger partial charge on any atom is 0.411 e. The number of carboxylic acid groups (broad SMARTS) is 1. The van der Waals surface area contributed by atoms with Crippen molar-refractivity contribution in [3.05, 3.63) is 0 Å². The Kier molecular flexibility index (Phi) is 5.20. The fourth-order valence-electron chi connectivity index (χ4n) is 2.42. The number of rotatable bonds is 2. The van der Waals surface area contributed by atoms with Gasteiger partial charge in [-0.1, -0.05) is 0 Å². The molecule has 0 aromatic heterocycles. The number of amides is 2. The maximum absolute atomic E-state index is 12.2. The minimum atomic E-state index is -1.18. The van der Waals surface area contributed by atoms with Crippen molar-refractivity contribution in [2.75, 3.05) is 20.6 Å². The first-order valence-corrected chi connectivity index (χ1v) is 6.98. The van der Waals surface area contributed by atoms with Crippen LogP contribution in [0.3, 0.4) is 0 Å². The van der Waals surface area contributed by atoms with Crippen LogP contribution < -0.4 is 0 Å². The Morgan fingerprint density at radius 1 is 1.24 bits per heavy atom. The summed E-state index contributed by atoms with van der Waals surface area (Å²) in [6, 6.07) is -1.18. The second-order valence-corrected chi connectivity index (χ2v) is 6.44. The van der Waals surface area contributed by atoms with E-state index in [1.165, 1.54) is 4.90 Å². The number of likely N-dealkylation sites (tertiary alicyclic amines) is 1. The van der Waals surface area contributed by atoms with E-state index in [1.807, 2.05) is 0 Å². The van der Waals surface area contributed by atoms with Gasteiger partial charge >= 0.3 is 12.1 Å². The van der Waals surface area contributed by atoms with Crippen molar-refractivity contribution in [3.8, 4) is 0 Å². The van der Waals surface area contributed by atoms with E-state index in [2.05, 4.69) is 0 Å². The van der Waals surface area contributed by atoms with Gasteiger partial charge < -0.3 is 14.7 Å². The second kappa shape index (κ2) is 6.32. The van der Waals surface area contributed by atoms with Crippen LogP contribution in [0, 0.1) is 5.92 Å². The van der Waals surface area contributed by atoms with E-state index in [0.29, 0.717) is 12.8 Å². The highest BCUT2D eigenvalue weighted by atomic mass is 16.6. The van der Waals surface area contributed by atoms with Crippen molar-refractivity contribution in [2.24, 2.45) is 5.92 Å². The monoisotopic (exact) mass is 300 g/mol. The third-order valence-electron chi connectivity index (χ3n) is 3.27. The molecule has 1 aliphatic rings. The third-order valence-corrected chi connectivity index (χ3v) is 3.27. The van der Waals surface area contributed by atoms with E-state index >= 15 is 0 Å². The average molecular weight is 300 g/mol. The van der Waals surface area contributed by atoms with Gasteiger partial charge in [-0.25, -0.2) is 9.59 Å². The molecule has 0 bridgehead atoms. The lowest BCUT2D eigenvalue weighted by Crippen LogP contribution is -2.57. The Bertz CT molecular complexity index is 428. The molecule has 1 N–H and O–H groups in total. The molecule has 2 atom stereocenters. The first kappa shape index (κ1) is 17.3. The van der Waals surface area contributed by atoms with Crippen LogP contribution in [0.5, 0.6) is 0 Å². The summed E-state index contributed by atoms with van der Waals surface area (Å²) in [5, 5.41) is 9.44. The molecule has 1 aliphatic heterocycles. The molecule has 7 heteroatoms. The fraction of sp³-hybridized carbons (Fsp3) is 0.786. The number of carbonyl (C=O) groups excluding carboxylic acids is 2. The van der Waals surface area contributed by atoms with Gasteiger partial charge in [0.15, 0.2) is 0 Å². The van der Waals surface area contributed by atoms with Crippen molar-refractivity contribution >= 4 is 18.0 Å². The molecule has 2 amide bonds. The Hall–Kier alpha value is -1.79. The molecule has 0 unspecified atom stereocenters. The maximum atomic E-state index is 12.2. The van der Waals surface area contributed by atoms with E-state index in [0.717, 1.165) is 4.90 Å². The molecule has 0 saturated carbocycles. The summed E-state index contributed by atoms with van der Waals surface area (Å²) < 4.78 is 5.24. The number of hydrogen-bond acceptors (Lipinski definition) is 4. The van der Waals surface area contributed by atoms with Crippen LogP contribution in [0.25, 0.3) is 0 Å². The lowest BCUT2D eigenvalue weighted by atomic mass is 9.88. The molecule has 21 heavy (non-hydrogen) atoms. The van der Waals surface area contributed by atoms with Crippen LogP contribution in [-0.4, -0.2) is 65.2 Å². The Balaban J connectivity index is 3.00. The number of ether oxygens (including phenoxy) is 1. The van der Waals surface area contributed by atoms with Gasteiger partial charge in [0.2, 0.25) is 5.91 Å². The molecular weight excluding hydrogens is 276 g/mol. The molecule has 0 aromatic carbocycles. The topological polar surface area (TPSA) is 87.2 Å². The van der Waals surface area contributed by atoms with Crippen molar-refractivity contribution in [1.82, 2.24) is 9.80 Å². The molecule has 0 aliphatic carbocycles. The lowest BCUT2D eigenvalue weighted by Gasteiger charge is -2.39. The van der Waals surface area contributed by atoms with Crippen LogP contribution >= 0.6 is 0 Å². The zero-order valence-corrected chi connectivity index (χ0v) is 13.3. The average Bonchev–Trinajstić information content (AvgIpc) is 2.34. The lowest BCUT2D eigenvalue weighted by molar-refractivity contribution is -0.153. The van der Waals surface area contributed by atoms with Gasteiger partial charge in [0.25, 0.3) is 0 Å². The summed E-state index contributed by atoms with van der Waals surface area (Å²) in [5.41, 5.74) is -0.710. The minimum absolute atomic E-state index is 0.281. The van der Waals surface area contributed by atoms with Crippen LogP contribution in [0.1, 0.15) is 33.6 Å². The van der Waals surface area contributed by atoms with Gasteiger partial charge in [0.1, 0.15) is 11.6 Å². The smallest absolute Gasteiger partial charge is 0.411 e. The largest absolute Gasteiger partial charge is 0.480 e. The molecule has 1 saturated heterocycles. The van der Waals surface area contributed by atoms with Crippen LogP contribution in [0.15, 0.2) is 0 Å². The number of nitrogens with zero attached hydrogens (tertiary/aromatic N) is 2.